The van der Waals surface area contributed by atoms with Gasteiger partial charge in [-0.1, -0.05) is 36.4 Å². The molecule has 0 heterocycles. The molecular weight excluding hydrogens is 366 g/mol. The van der Waals surface area contributed by atoms with Gasteiger partial charge in [0, 0.05) is 30.9 Å². The van der Waals surface area contributed by atoms with Crippen molar-refractivity contribution in [3.63, 3.8) is 0 Å². The second kappa shape index (κ2) is 8.90. The lowest BCUT2D eigenvalue weighted by Crippen LogP contribution is -2.38. The molecule has 0 radical (unpaired) electrons. The van der Waals surface area contributed by atoms with Crippen LogP contribution in [0.3, 0.4) is 0 Å². The lowest BCUT2D eigenvalue weighted by Gasteiger charge is -2.27. The van der Waals surface area contributed by atoms with Crippen LogP contribution in [-0.4, -0.2) is 28.7 Å². The fraction of sp³-hybridized carbons (Fsp3) is 0.348. The molecule has 0 spiro atoms. The first kappa shape index (κ1) is 20.6. The zero-order chi connectivity index (χ0) is 21.0. The van der Waals surface area contributed by atoms with E-state index in [1.807, 2.05) is 49.1 Å². The molecule has 2 N–H and O–H groups in total. The van der Waals surface area contributed by atoms with E-state index in [-0.39, 0.29) is 35.6 Å². The highest BCUT2D eigenvalue weighted by atomic mass is 16.2. The van der Waals surface area contributed by atoms with E-state index in [1.54, 1.807) is 24.3 Å². The summed E-state index contributed by atoms with van der Waals surface area (Å²) in [5, 5.41) is 5.55. The number of hydrogen-bond donors (Lipinski definition) is 2. The number of nitrogens with one attached hydrogen (secondary N) is 2. The van der Waals surface area contributed by atoms with Gasteiger partial charge in [-0.25, -0.2) is 0 Å². The van der Waals surface area contributed by atoms with Crippen LogP contribution in [0.4, 0.5) is 11.4 Å². The lowest BCUT2D eigenvalue weighted by molar-refractivity contribution is -0.136. The molecule has 1 aliphatic rings. The Labute approximate surface area is 171 Å². The van der Waals surface area contributed by atoms with Crippen molar-refractivity contribution in [2.45, 2.75) is 39.8 Å². The summed E-state index contributed by atoms with van der Waals surface area (Å²) in [6, 6.07) is 16.9. The quantitative estimate of drug-likeness (QED) is 0.754. The molecule has 1 aliphatic carbocycles. The van der Waals surface area contributed by atoms with Crippen molar-refractivity contribution < 1.29 is 14.4 Å². The van der Waals surface area contributed by atoms with E-state index in [9.17, 15) is 14.4 Å². The van der Waals surface area contributed by atoms with Gasteiger partial charge in [0.1, 0.15) is 0 Å². The Kier molecular flexibility index (Phi) is 6.32. The monoisotopic (exact) mass is 393 g/mol. The Hall–Kier alpha value is -3.15. The predicted octanol–water partition coefficient (Wildman–Crippen LogP) is 3.66. The van der Waals surface area contributed by atoms with Crippen LogP contribution in [-0.2, 0) is 20.9 Å². The molecule has 2 aromatic carbocycles. The lowest BCUT2D eigenvalue weighted by atomic mass is 10.1. The summed E-state index contributed by atoms with van der Waals surface area (Å²) in [7, 11) is 0. The summed E-state index contributed by atoms with van der Waals surface area (Å²) >= 11 is 0. The summed E-state index contributed by atoms with van der Waals surface area (Å²) < 4.78 is 0. The second-order valence-corrected chi connectivity index (χ2v) is 7.75. The van der Waals surface area contributed by atoms with Crippen molar-refractivity contribution in [2.24, 2.45) is 11.8 Å². The summed E-state index contributed by atoms with van der Waals surface area (Å²) in [5.41, 5.74) is 2.29. The van der Waals surface area contributed by atoms with Gasteiger partial charge < -0.3 is 15.5 Å². The van der Waals surface area contributed by atoms with Crippen molar-refractivity contribution in [2.75, 3.05) is 10.6 Å². The first-order valence-corrected chi connectivity index (χ1v) is 9.88. The van der Waals surface area contributed by atoms with Crippen LogP contribution >= 0.6 is 0 Å². The van der Waals surface area contributed by atoms with Gasteiger partial charge in [-0.05, 0) is 44.0 Å². The summed E-state index contributed by atoms with van der Waals surface area (Å²) in [4.78, 5) is 38.6. The van der Waals surface area contributed by atoms with Crippen LogP contribution < -0.4 is 10.6 Å². The molecule has 6 heteroatoms. The third-order valence-electron chi connectivity index (χ3n) is 5.00. The highest BCUT2D eigenvalue weighted by Gasteiger charge is 2.49. The maximum absolute atomic E-state index is 13.0. The molecule has 3 amide bonds. The van der Waals surface area contributed by atoms with Gasteiger partial charge in [0.05, 0.1) is 11.8 Å². The largest absolute Gasteiger partial charge is 0.336 e. The van der Waals surface area contributed by atoms with E-state index in [2.05, 4.69) is 10.6 Å². The van der Waals surface area contributed by atoms with E-state index in [4.69, 9.17) is 0 Å². The molecule has 0 bridgehead atoms. The van der Waals surface area contributed by atoms with Gasteiger partial charge in [0.2, 0.25) is 17.7 Å². The Morgan fingerprint density at radius 2 is 1.62 bits per heavy atom. The summed E-state index contributed by atoms with van der Waals surface area (Å²) in [5.74, 6) is -0.903. The Bertz CT molecular complexity index is 895. The van der Waals surface area contributed by atoms with Crippen LogP contribution in [0, 0.1) is 11.8 Å². The van der Waals surface area contributed by atoms with Crippen LogP contribution in [0.15, 0.2) is 54.6 Å². The molecule has 152 valence electrons. The zero-order valence-electron chi connectivity index (χ0n) is 17.0. The van der Waals surface area contributed by atoms with Crippen molar-refractivity contribution in [1.82, 2.24) is 4.90 Å². The smallest absolute Gasteiger partial charge is 0.228 e. The van der Waals surface area contributed by atoms with Crippen molar-refractivity contribution in [3.05, 3.63) is 60.2 Å². The average Bonchev–Trinajstić information content (AvgIpc) is 3.47. The number of rotatable bonds is 7. The van der Waals surface area contributed by atoms with Gasteiger partial charge in [-0.15, -0.1) is 0 Å². The molecule has 2 unspecified atom stereocenters. The molecule has 1 fully saturated rings. The van der Waals surface area contributed by atoms with Gasteiger partial charge in [-0.3, -0.25) is 14.4 Å². The minimum absolute atomic E-state index is 0.0241. The normalized spacial score (nSPS) is 17.5. The maximum atomic E-state index is 13.0. The maximum Gasteiger partial charge on any atom is 0.228 e. The number of benzene rings is 2. The van der Waals surface area contributed by atoms with Gasteiger partial charge in [-0.2, -0.15) is 0 Å². The van der Waals surface area contributed by atoms with Gasteiger partial charge in [0.25, 0.3) is 0 Å². The molecule has 29 heavy (non-hydrogen) atoms. The van der Waals surface area contributed by atoms with Crippen molar-refractivity contribution in [3.8, 4) is 0 Å². The van der Waals surface area contributed by atoms with E-state index in [1.165, 1.54) is 6.92 Å². The molecular formula is C23H27N3O3. The van der Waals surface area contributed by atoms with E-state index < -0.39 is 0 Å². The van der Waals surface area contributed by atoms with Crippen molar-refractivity contribution >= 4 is 29.1 Å². The minimum Gasteiger partial charge on any atom is -0.336 e. The number of anilines is 2. The third-order valence-corrected chi connectivity index (χ3v) is 5.00. The SMILES string of the molecule is CC(=O)Nc1cccc(NC(=O)C2CC2C(=O)N(Cc2ccccc2)C(C)C)c1. The molecule has 6 nitrogen and oxygen atoms in total. The number of amides is 3. The number of carbonyl (C=O) groups is 3. The average molecular weight is 393 g/mol. The highest BCUT2D eigenvalue weighted by molar-refractivity contribution is 6.00. The minimum atomic E-state index is -0.316. The Morgan fingerprint density at radius 1 is 0.966 bits per heavy atom. The van der Waals surface area contributed by atoms with Crippen LogP contribution in [0.1, 0.15) is 32.8 Å². The topological polar surface area (TPSA) is 78.5 Å². The van der Waals surface area contributed by atoms with Crippen LogP contribution in [0.25, 0.3) is 0 Å². The van der Waals surface area contributed by atoms with Gasteiger partial charge >= 0.3 is 0 Å². The standard InChI is InChI=1S/C23H27N3O3/c1-15(2)26(14-17-8-5-4-6-9-17)23(29)21-13-20(21)22(28)25-19-11-7-10-18(12-19)24-16(3)27/h4-12,15,20-21H,13-14H2,1-3H3,(H,24,27)(H,25,28). The van der Waals surface area contributed by atoms with Crippen LogP contribution in [0.5, 0.6) is 0 Å². The number of hydrogen-bond acceptors (Lipinski definition) is 3. The highest BCUT2D eigenvalue weighted by Crippen LogP contribution is 2.41. The third kappa shape index (κ3) is 5.44. The predicted molar refractivity (Wildman–Crippen MR) is 113 cm³/mol. The Morgan fingerprint density at radius 3 is 2.24 bits per heavy atom. The molecule has 2 atom stereocenters. The first-order valence-electron chi connectivity index (χ1n) is 9.88. The summed E-state index contributed by atoms with van der Waals surface area (Å²) in [6.07, 6.45) is 0.564. The Balaban J connectivity index is 1.60. The van der Waals surface area contributed by atoms with Gasteiger partial charge in [0.15, 0.2) is 0 Å². The number of carbonyl (C=O) groups excluding carboxylic acids is 3. The summed E-state index contributed by atoms with van der Waals surface area (Å²) in [6.45, 7) is 5.96. The fourth-order valence-electron chi connectivity index (χ4n) is 3.38. The van der Waals surface area contributed by atoms with E-state index in [0.717, 1.165) is 5.56 Å². The van der Waals surface area contributed by atoms with E-state index >= 15 is 0 Å². The number of nitrogens with zero attached hydrogens (tertiary/aromatic N) is 1. The molecule has 2 aromatic rings. The molecule has 0 saturated heterocycles. The van der Waals surface area contributed by atoms with Crippen molar-refractivity contribution in [1.29, 1.82) is 0 Å². The van der Waals surface area contributed by atoms with E-state index in [0.29, 0.717) is 24.3 Å². The molecule has 0 aliphatic heterocycles. The zero-order valence-corrected chi connectivity index (χ0v) is 17.0. The molecule has 0 aromatic heterocycles. The molecule has 3 rings (SSSR count). The fourth-order valence-corrected chi connectivity index (χ4v) is 3.38. The first-order chi connectivity index (χ1) is 13.8. The second-order valence-electron chi connectivity index (χ2n) is 7.75. The van der Waals surface area contributed by atoms with Crippen LogP contribution in [0.2, 0.25) is 0 Å². The molecule has 1 saturated carbocycles.